The first kappa shape index (κ1) is 46.3. The van der Waals surface area contributed by atoms with Gasteiger partial charge in [0.25, 0.3) is 5.91 Å². The fourth-order valence-corrected chi connectivity index (χ4v) is 4.58. The van der Waals surface area contributed by atoms with Crippen molar-refractivity contribution in [1.82, 2.24) is 20.1 Å². The van der Waals surface area contributed by atoms with E-state index >= 15 is 0 Å². The van der Waals surface area contributed by atoms with Crippen LogP contribution in [0.15, 0.2) is 73.5 Å². The summed E-state index contributed by atoms with van der Waals surface area (Å²) < 4.78 is 32.7. The van der Waals surface area contributed by atoms with E-state index in [0.29, 0.717) is 102 Å². The van der Waals surface area contributed by atoms with Gasteiger partial charge in [0, 0.05) is 35.9 Å². The van der Waals surface area contributed by atoms with Gasteiger partial charge in [0.15, 0.2) is 0 Å². The molecule has 0 saturated carbocycles. The summed E-state index contributed by atoms with van der Waals surface area (Å²) in [6, 6.07) is 10.8. The van der Waals surface area contributed by atoms with E-state index in [-0.39, 0.29) is 24.8 Å². The van der Waals surface area contributed by atoms with Crippen LogP contribution in [-0.4, -0.2) is 131 Å². The zero-order chi connectivity index (χ0) is 41.8. The number of hydrogen-bond donors (Lipinski definition) is 4. The van der Waals surface area contributed by atoms with Gasteiger partial charge in [-0.05, 0) is 60.5 Å². The van der Waals surface area contributed by atoms with Crippen LogP contribution in [-0.2, 0) is 33.2 Å². The largest absolute Gasteiger partial charge is 0.379 e. The zero-order valence-electron chi connectivity index (χ0n) is 32.0. The molecule has 58 heavy (non-hydrogen) atoms. The third-order valence-electron chi connectivity index (χ3n) is 7.32. The number of azide groups is 1. The number of nitrogens with zero attached hydrogens (tertiary/aromatic N) is 7. The van der Waals surface area contributed by atoms with Crippen molar-refractivity contribution in [3.8, 4) is 5.69 Å². The molecule has 2 heterocycles. The molecule has 2 aromatic carbocycles. The molecule has 0 radical (unpaired) electrons. The van der Waals surface area contributed by atoms with E-state index in [1.807, 2.05) is 6.92 Å². The molecule has 6 amide bonds. The number of ether oxygens (including phenoxy) is 6. The SMILES string of the molecule is CCCOCCOCCOCCC(=O)Nc1ccc(N2C(=O)N=NC2=O)cc1.[N-]=[N+]=NCCOCCOCCOCCNC(=O)c1ccc(-n2c(=O)[nH][nH]c2=O)cc1. The molecule has 1 aromatic heterocycles. The number of carbonyl (C=O) groups excluding carboxylic acids is 4. The maximum Gasteiger partial charge on any atom is 0.375 e. The van der Waals surface area contributed by atoms with Gasteiger partial charge in [-0.2, -0.15) is 0 Å². The Balaban J connectivity index is 0.000000311. The quantitative estimate of drug-likeness (QED) is 0.0374. The van der Waals surface area contributed by atoms with Crippen molar-refractivity contribution in [2.24, 2.45) is 15.3 Å². The first-order chi connectivity index (χ1) is 28.2. The first-order valence-electron chi connectivity index (χ1n) is 18.2. The molecule has 0 atom stereocenters. The fraction of sp³-hybridized carbons (Fsp3) is 0.486. The van der Waals surface area contributed by atoms with Gasteiger partial charge >= 0.3 is 23.4 Å². The third-order valence-corrected chi connectivity index (χ3v) is 7.32. The van der Waals surface area contributed by atoms with Crippen LogP contribution in [0.2, 0.25) is 0 Å². The number of amides is 6. The minimum Gasteiger partial charge on any atom is -0.379 e. The Hall–Kier alpha value is -6.07. The van der Waals surface area contributed by atoms with Crippen molar-refractivity contribution in [2.45, 2.75) is 19.8 Å². The second-order valence-corrected chi connectivity index (χ2v) is 11.6. The molecule has 0 aliphatic carbocycles. The van der Waals surface area contributed by atoms with Crippen LogP contribution >= 0.6 is 0 Å². The summed E-state index contributed by atoms with van der Waals surface area (Å²) in [5.41, 5.74) is 8.54. The monoisotopic (exact) mass is 813 g/mol. The van der Waals surface area contributed by atoms with Crippen molar-refractivity contribution >= 4 is 35.3 Å². The summed E-state index contributed by atoms with van der Waals surface area (Å²) >= 11 is 0. The van der Waals surface area contributed by atoms with E-state index in [1.165, 1.54) is 36.4 Å². The van der Waals surface area contributed by atoms with Crippen molar-refractivity contribution in [2.75, 3.05) is 103 Å². The Morgan fingerprint density at radius 2 is 1.19 bits per heavy atom. The highest BCUT2D eigenvalue weighted by atomic mass is 16.5. The Morgan fingerprint density at radius 3 is 1.74 bits per heavy atom. The number of urea groups is 2. The normalized spacial score (nSPS) is 11.9. The van der Waals surface area contributed by atoms with Crippen LogP contribution in [0, 0.1) is 0 Å². The summed E-state index contributed by atoms with van der Waals surface area (Å²) in [7, 11) is 0. The van der Waals surface area contributed by atoms with Crippen molar-refractivity contribution in [3.05, 3.63) is 85.5 Å². The van der Waals surface area contributed by atoms with Crippen molar-refractivity contribution in [3.63, 3.8) is 0 Å². The summed E-state index contributed by atoms with van der Waals surface area (Å²) in [6.45, 7) is 7.89. The Labute approximate surface area is 331 Å². The highest BCUT2D eigenvalue weighted by Gasteiger charge is 2.28. The molecule has 0 spiro atoms. The first-order valence-corrected chi connectivity index (χ1v) is 18.2. The molecule has 1 aliphatic heterocycles. The number of hydrogen-bond acceptors (Lipinski definition) is 13. The van der Waals surface area contributed by atoms with E-state index in [1.54, 1.807) is 12.1 Å². The topological polar surface area (TPSA) is 295 Å². The highest BCUT2D eigenvalue weighted by molar-refractivity contribution is 6.17. The maximum absolute atomic E-state index is 12.1. The van der Waals surface area contributed by atoms with Crippen molar-refractivity contribution < 1.29 is 47.6 Å². The molecule has 0 bridgehead atoms. The van der Waals surface area contributed by atoms with Gasteiger partial charge in [0.05, 0.1) is 90.5 Å². The summed E-state index contributed by atoms with van der Waals surface area (Å²) in [6.07, 6.45) is 1.18. The molecular formula is C35H47N11O12. The van der Waals surface area contributed by atoms with Gasteiger partial charge in [-0.3, -0.25) is 9.59 Å². The Bertz CT molecular complexity index is 1860. The van der Waals surface area contributed by atoms with Crippen LogP contribution in [0.1, 0.15) is 30.1 Å². The number of rotatable bonds is 27. The lowest BCUT2D eigenvalue weighted by molar-refractivity contribution is -0.117. The van der Waals surface area contributed by atoms with Gasteiger partial charge in [0.2, 0.25) is 5.91 Å². The van der Waals surface area contributed by atoms with Gasteiger partial charge in [-0.25, -0.2) is 38.8 Å². The van der Waals surface area contributed by atoms with Gasteiger partial charge < -0.3 is 39.1 Å². The molecule has 23 nitrogen and oxygen atoms in total. The average Bonchev–Trinajstić information content (AvgIpc) is 3.75. The van der Waals surface area contributed by atoms with E-state index in [0.717, 1.165) is 22.5 Å². The van der Waals surface area contributed by atoms with E-state index in [9.17, 15) is 28.8 Å². The number of H-pyrrole nitrogens is 2. The highest BCUT2D eigenvalue weighted by Crippen LogP contribution is 2.22. The van der Waals surface area contributed by atoms with Gasteiger partial charge in [-0.15, -0.1) is 0 Å². The number of nitrogens with one attached hydrogen (secondary N) is 4. The van der Waals surface area contributed by atoms with Crippen LogP contribution in [0.3, 0.4) is 0 Å². The number of azo groups is 1. The fourth-order valence-electron chi connectivity index (χ4n) is 4.58. The number of benzene rings is 2. The molecule has 0 saturated heterocycles. The lowest BCUT2D eigenvalue weighted by Crippen LogP contribution is -2.28. The minimum absolute atomic E-state index is 0.197. The number of carbonyl (C=O) groups is 4. The second-order valence-electron chi connectivity index (χ2n) is 11.6. The van der Waals surface area contributed by atoms with Crippen LogP contribution in [0.4, 0.5) is 21.0 Å². The smallest absolute Gasteiger partial charge is 0.375 e. The number of imide groups is 1. The molecule has 0 unspecified atom stereocenters. The molecule has 3 aromatic rings. The van der Waals surface area contributed by atoms with E-state index in [2.05, 4.69) is 41.1 Å². The standard InChI is InChI=1S/C18H24N4O6.C17H23N7O6/c1-2-8-26-10-12-28-13-11-27-9-7-16(23)19-14-3-5-15(6-4-14)22-17(24)20-21-18(22)25;18-23-20-6-8-29-10-12-30-11-9-28-7-5-19-15(25)13-1-3-14(4-2-13)24-16(26)21-22-17(24)27/h3-6H,2,7-13H2,1H3,(H,19,23);1-4H,5-12H2,(H,19,25)(H,21,26)(H,22,27). The molecular weight excluding hydrogens is 766 g/mol. The minimum atomic E-state index is -0.739. The predicted octanol–water partition coefficient (Wildman–Crippen LogP) is 2.93. The van der Waals surface area contributed by atoms with Crippen LogP contribution < -0.4 is 26.9 Å². The Kier molecular flexibility index (Phi) is 22.0. The summed E-state index contributed by atoms with van der Waals surface area (Å²) in [4.78, 5) is 73.5. The molecule has 4 N–H and O–H groups in total. The average molecular weight is 814 g/mol. The summed E-state index contributed by atoms with van der Waals surface area (Å²) in [5.74, 6) is -0.505. The van der Waals surface area contributed by atoms with Gasteiger partial charge in [-0.1, -0.05) is 22.3 Å². The third kappa shape index (κ3) is 17.4. The molecule has 0 fully saturated rings. The van der Waals surface area contributed by atoms with Gasteiger partial charge in [0.1, 0.15) is 0 Å². The summed E-state index contributed by atoms with van der Waals surface area (Å²) in [5, 5.41) is 19.5. The van der Waals surface area contributed by atoms with Crippen LogP contribution in [0.5, 0.6) is 0 Å². The van der Waals surface area contributed by atoms with E-state index in [4.69, 9.17) is 34.0 Å². The molecule has 1 aliphatic rings. The van der Waals surface area contributed by atoms with E-state index < -0.39 is 23.4 Å². The Morgan fingerprint density at radius 1 is 0.690 bits per heavy atom. The van der Waals surface area contributed by atoms with Crippen molar-refractivity contribution in [1.29, 1.82) is 0 Å². The number of aromatic nitrogens is 3. The van der Waals surface area contributed by atoms with Crippen LogP contribution in [0.25, 0.3) is 16.1 Å². The number of aromatic amines is 2. The number of anilines is 2. The lowest BCUT2D eigenvalue weighted by atomic mass is 10.2. The molecule has 4 rings (SSSR count). The zero-order valence-corrected chi connectivity index (χ0v) is 32.0. The second kappa shape index (κ2) is 27.5. The molecule has 23 heteroatoms. The predicted molar refractivity (Wildman–Crippen MR) is 206 cm³/mol. The lowest BCUT2D eigenvalue weighted by Gasteiger charge is -2.11. The molecule has 314 valence electrons. The maximum atomic E-state index is 12.1.